The van der Waals surface area contributed by atoms with Crippen LogP contribution < -0.4 is 4.74 Å². The molecular weight excluding hydrogens is 260 g/mol. The van der Waals surface area contributed by atoms with Crippen molar-refractivity contribution in [1.82, 2.24) is 0 Å². The Morgan fingerprint density at radius 3 is 3.07 bits per heavy atom. The first kappa shape index (κ1) is 10.6. The molecule has 0 radical (unpaired) electrons. The van der Waals surface area contributed by atoms with Gasteiger partial charge in [0.25, 0.3) is 0 Å². The monoisotopic (exact) mass is 270 g/mol. The summed E-state index contributed by atoms with van der Waals surface area (Å²) in [6.07, 6.45) is 2.48. The summed E-state index contributed by atoms with van der Waals surface area (Å²) in [6, 6.07) is 5.35. The van der Waals surface area contributed by atoms with Gasteiger partial charge in [0, 0.05) is 10.9 Å². The Balaban J connectivity index is 2.15. The highest BCUT2D eigenvalue weighted by atomic mass is 79.9. The molecule has 1 atom stereocenters. The molecule has 4 heteroatoms. The average Bonchev–Trinajstić information content (AvgIpc) is 2.73. The van der Waals surface area contributed by atoms with E-state index in [1.165, 1.54) is 0 Å². The van der Waals surface area contributed by atoms with Crippen LogP contribution in [-0.4, -0.2) is 19.2 Å². The lowest BCUT2D eigenvalue weighted by atomic mass is 10.2. The molecule has 1 saturated heterocycles. The Morgan fingerprint density at radius 2 is 2.40 bits per heavy atom. The molecule has 3 nitrogen and oxygen atoms in total. The lowest BCUT2D eigenvalue weighted by Crippen LogP contribution is -2.14. The maximum Gasteiger partial charge on any atom is 0.199 e. The largest absolute Gasteiger partial charge is 0.464 e. The highest BCUT2D eigenvalue weighted by molar-refractivity contribution is 9.10. The molecule has 0 aliphatic carbocycles. The van der Waals surface area contributed by atoms with Crippen molar-refractivity contribution in [3.63, 3.8) is 0 Å². The predicted octanol–water partition coefficient (Wildman–Crippen LogP) is 2.78. The Morgan fingerprint density at radius 1 is 1.53 bits per heavy atom. The third kappa shape index (κ3) is 2.58. The molecule has 1 unspecified atom stereocenters. The minimum Gasteiger partial charge on any atom is -0.464 e. The molecule has 1 aromatic rings. The quantitative estimate of drug-likeness (QED) is 0.793. The van der Waals surface area contributed by atoms with Crippen molar-refractivity contribution in [3.05, 3.63) is 28.2 Å². The maximum atomic E-state index is 10.8. The molecule has 0 N–H and O–H groups in total. The fourth-order valence-corrected chi connectivity index (χ4v) is 1.88. The van der Waals surface area contributed by atoms with E-state index in [2.05, 4.69) is 15.9 Å². The zero-order chi connectivity index (χ0) is 10.7. The Labute approximate surface area is 96.5 Å². The molecule has 15 heavy (non-hydrogen) atoms. The van der Waals surface area contributed by atoms with Gasteiger partial charge < -0.3 is 9.47 Å². The van der Waals surface area contributed by atoms with Gasteiger partial charge in [-0.2, -0.15) is 0 Å². The molecule has 1 aliphatic heterocycles. The van der Waals surface area contributed by atoms with Crippen molar-refractivity contribution in [2.45, 2.75) is 19.1 Å². The molecule has 1 heterocycles. The minimum absolute atomic E-state index is 0.204. The molecule has 1 aliphatic rings. The van der Waals surface area contributed by atoms with Gasteiger partial charge in [0.15, 0.2) is 12.6 Å². The number of hydrogen-bond acceptors (Lipinski definition) is 3. The van der Waals surface area contributed by atoms with Gasteiger partial charge >= 0.3 is 0 Å². The number of carbonyl (C=O) groups is 1. The molecule has 2 rings (SSSR count). The summed E-state index contributed by atoms with van der Waals surface area (Å²) in [7, 11) is 0. The first-order chi connectivity index (χ1) is 7.29. The fourth-order valence-electron chi connectivity index (χ4n) is 1.50. The van der Waals surface area contributed by atoms with E-state index in [1.807, 2.05) is 6.07 Å². The SMILES string of the molecule is O=Cc1cc(Br)ccc1OC1CCCO1. The summed E-state index contributed by atoms with van der Waals surface area (Å²) < 4.78 is 11.8. The lowest BCUT2D eigenvalue weighted by Gasteiger charge is -2.14. The second kappa shape index (κ2) is 4.77. The lowest BCUT2D eigenvalue weighted by molar-refractivity contribution is -0.0392. The second-order valence-electron chi connectivity index (χ2n) is 3.36. The molecule has 1 fully saturated rings. The predicted molar refractivity (Wildman–Crippen MR) is 59.1 cm³/mol. The molecule has 0 spiro atoms. The number of hydrogen-bond donors (Lipinski definition) is 0. The molecule has 1 aromatic carbocycles. The van der Waals surface area contributed by atoms with Crippen LogP contribution in [0, 0.1) is 0 Å². The van der Waals surface area contributed by atoms with Gasteiger partial charge in [-0.05, 0) is 24.6 Å². The van der Waals surface area contributed by atoms with Crippen molar-refractivity contribution in [2.24, 2.45) is 0 Å². The van der Waals surface area contributed by atoms with Crippen molar-refractivity contribution < 1.29 is 14.3 Å². The summed E-state index contributed by atoms with van der Waals surface area (Å²) in [5, 5.41) is 0. The van der Waals surface area contributed by atoms with Crippen molar-refractivity contribution in [1.29, 1.82) is 0 Å². The molecule has 0 bridgehead atoms. The van der Waals surface area contributed by atoms with Crippen LogP contribution >= 0.6 is 15.9 Å². The number of ether oxygens (including phenoxy) is 2. The first-order valence-corrected chi connectivity index (χ1v) is 5.62. The average molecular weight is 271 g/mol. The zero-order valence-corrected chi connectivity index (χ0v) is 9.70. The number of aldehydes is 1. The Kier molecular flexibility index (Phi) is 3.38. The van der Waals surface area contributed by atoms with Crippen LogP contribution in [0.4, 0.5) is 0 Å². The number of halogens is 1. The molecule has 80 valence electrons. The number of rotatable bonds is 3. The van der Waals surface area contributed by atoms with Gasteiger partial charge in [-0.3, -0.25) is 4.79 Å². The molecule has 0 amide bonds. The van der Waals surface area contributed by atoms with E-state index < -0.39 is 0 Å². The van der Waals surface area contributed by atoms with Gasteiger partial charge in [-0.15, -0.1) is 0 Å². The van der Waals surface area contributed by atoms with Crippen LogP contribution in [0.3, 0.4) is 0 Å². The first-order valence-electron chi connectivity index (χ1n) is 4.82. The van der Waals surface area contributed by atoms with Crippen LogP contribution in [0.1, 0.15) is 23.2 Å². The summed E-state index contributed by atoms with van der Waals surface area (Å²) in [5.41, 5.74) is 0.542. The van der Waals surface area contributed by atoms with Crippen molar-refractivity contribution >= 4 is 22.2 Å². The highest BCUT2D eigenvalue weighted by Gasteiger charge is 2.18. The zero-order valence-electron chi connectivity index (χ0n) is 8.11. The van der Waals surface area contributed by atoms with E-state index >= 15 is 0 Å². The standard InChI is InChI=1S/C11H11BrO3/c12-9-3-4-10(8(6-9)7-13)15-11-2-1-5-14-11/h3-4,6-7,11H,1-2,5H2. The third-order valence-electron chi connectivity index (χ3n) is 2.25. The van der Waals surface area contributed by atoms with Crippen LogP contribution in [-0.2, 0) is 4.74 Å². The van der Waals surface area contributed by atoms with E-state index in [4.69, 9.17) is 9.47 Å². The highest BCUT2D eigenvalue weighted by Crippen LogP contribution is 2.25. The Hall–Kier alpha value is -0.870. The van der Waals surface area contributed by atoms with E-state index in [0.29, 0.717) is 11.3 Å². The van der Waals surface area contributed by atoms with Crippen LogP contribution in [0.25, 0.3) is 0 Å². The van der Waals surface area contributed by atoms with Gasteiger partial charge in [0.2, 0.25) is 0 Å². The Bertz CT molecular complexity index is 359. The van der Waals surface area contributed by atoms with Gasteiger partial charge in [-0.25, -0.2) is 0 Å². The third-order valence-corrected chi connectivity index (χ3v) is 2.74. The summed E-state index contributed by atoms with van der Waals surface area (Å²) >= 11 is 3.30. The van der Waals surface area contributed by atoms with Crippen LogP contribution in [0.5, 0.6) is 5.75 Å². The number of benzene rings is 1. The van der Waals surface area contributed by atoms with Gasteiger partial charge in [0.1, 0.15) is 5.75 Å². The van der Waals surface area contributed by atoms with Gasteiger partial charge in [0.05, 0.1) is 12.2 Å². The summed E-state index contributed by atoms with van der Waals surface area (Å²) in [4.78, 5) is 10.8. The van der Waals surface area contributed by atoms with Crippen LogP contribution in [0.15, 0.2) is 22.7 Å². The molecule has 0 saturated carbocycles. The summed E-state index contributed by atoms with van der Waals surface area (Å²) in [5.74, 6) is 0.583. The van der Waals surface area contributed by atoms with Crippen molar-refractivity contribution in [2.75, 3.05) is 6.61 Å². The smallest absolute Gasteiger partial charge is 0.199 e. The molecule has 0 aromatic heterocycles. The van der Waals surface area contributed by atoms with Crippen LogP contribution in [0.2, 0.25) is 0 Å². The topological polar surface area (TPSA) is 35.5 Å². The van der Waals surface area contributed by atoms with Gasteiger partial charge in [-0.1, -0.05) is 15.9 Å². The van der Waals surface area contributed by atoms with E-state index in [0.717, 1.165) is 30.2 Å². The van der Waals surface area contributed by atoms with E-state index in [1.54, 1.807) is 12.1 Å². The summed E-state index contributed by atoms with van der Waals surface area (Å²) in [6.45, 7) is 0.734. The second-order valence-corrected chi connectivity index (χ2v) is 4.28. The maximum absolute atomic E-state index is 10.8. The van der Waals surface area contributed by atoms with E-state index in [9.17, 15) is 4.79 Å². The van der Waals surface area contributed by atoms with E-state index in [-0.39, 0.29) is 6.29 Å². The van der Waals surface area contributed by atoms with Crippen molar-refractivity contribution in [3.8, 4) is 5.75 Å². The molecular formula is C11H11BrO3. The fraction of sp³-hybridized carbons (Fsp3) is 0.364. The minimum atomic E-state index is -0.204. The normalized spacial score (nSPS) is 20.2. The number of carbonyl (C=O) groups excluding carboxylic acids is 1.